The molecule has 0 bridgehead atoms. The topological polar surface area (TPSA) is 65.2 Å². The first-order chi connectivity index (χ1) is 10.1. The van der Waals surface area contributed by atoms with Gasteiger partial charge in [0, 0.05) is 11.1 Å². The highest BCUT2D eigenvalue weighted by atomic mass is 32.1. The Labute approximate surface area is 128 Å². The molecule has 5 heteroatoms. The molecule has 2 aromatic heterocycles. The summed E-state index contributed by atoms with van der Waals surface area (Å²) in [5.41, 5.74) is 8.68. The first-order valence-electron chi connectivity index (χ1n) is 7.43. The smallest absolute Gasteiger partial charge is 0.350 e. The predicted octanol–water partition coefficient (Wildman–Crippen LogP) is 3.98. The van der Waals surface area contributed by atoms with E-state index in [4.69, 9.17) is 10.5 Å². The zero-order valence-electron chi connectivity index (χ0n) is 12.4. The number of rotatable bonds is 2. The van der Waals surface area contributed by atoms with E-state index >= 15 is 0 Å². The molecule has 112 valence electrons. The van der Waals surface area contributed by atoms with Gasteiger partial charge in [-0.2, -0.15) is 0 Å². The van der Waals surface area contributed by atoms with Crippen molar-refractivity contribution in [3.8, 4) is 0 Å². The maximum Gasteiger partial charge on any atom is 0.350 e. The van der Waals surface area contributed by atoms with Crippen LogP contribution < -0.4 is 5.73 Å². The van der Waals surface area contributed by atoms with Gasteiger partial charge in [-0.3, -0.25) is 0 Å². The first kappa shape index (κ1) is 14.3. The summed E-state index contributed by atoms with van der Waals surface area (Å²) in [5, 5.41) is 0.890. The van der Waals surface area contributed by atoms with E-state index < -0.39 is 0 Å². The number of nitrogen functional groups attached to an aromatic ring is 1. The van der Waals surface area contributed by atoms with Gasteiger partial charge < -0.3 is 10.5 Å². The van der Waals surface area contributed by atoms with Gasteiger partial charge in [-0.1, -0.05) is 6.42 Å². The summed E-state index contributed by atoms with van der Waals surface area (Å²) in [4.78, 5) is 18.2. The SMILES string of the molecule is Cc1cc(C)c2c(N)c(C(=O)OC3CCCCC3)sc2n1. The zero-order valence-corrected chi connectivity index (χ0v) is 13.3. The van der Waals surface area contributed by atoms with Crippen LogP contribution in [-0.4, -0.2) is 17.1 Å². The highest BCUT2D eigenvalue weighted by molar-refractivity contribution is 7.21. The van der Waals surface area contributed by atoms with Gasteiger partial charge in [0.25, 0.3) is 0 Å². The number of anilines is 1. The maximum absolute atomic E-state index is 12.4. The number of fused-ring (bicyclic) bond motifs is 1. The van der Waals surface area contributed by atoms with Gasteiger partial charge in [0.2, 0.25) is 0 Å². The molecule has 1 fully saturated rings. The second kappa shape index (κ2) is 5.64. The Morgan fingerprint density at radius 1 is 1.33 bits per heavy atom. The summed E-state index contributed by atoms with van der Waals surface area (Å²) in [6, 6.07) is 1.99. The normalized spacial score (nSPS) is 16.3. The molecule has 0 aromatic carbocycles. The Morgan fingerprint density at radius 3 is 2.76 bits per heavy atom. The largest absolute Gasteiger partial charge is 0.458 e. The summed E-state index contributed by atoms with van der Waals surface area (Å²) in [6.45, 7) is 3.94. The number of pyridine rings is 1. The highest BCUT2D eigenvalue weighted by Gasteiger charge is 2.24. The lowest BCUT2D eigenvalue weighted by Crippen LogP contribution is -2.20. The average molecular weight is 304 g/mol. The van der Waals surface area contributed by atoms with Crippen molar-refractivity contribution in [1.29, 1.82) is 0 Å². The summed E-state index contributed by atoms with van der Waals surface area (Å²) < 4.78 is 5.62. The lowest BCUT2D eigenvalue weighted by molar-refractivity contribution is 0.0218. The van der Waals surface area contributed by atoms with Crippen molar-refractivity contribution in [2.24, 2.45) is 0 Å². The van der Waals surface area contributed by atoms with Crippen molar-refractivity contribution in [3.63, 3.8) is 0 Å². The molecule has 1 saturated carbocycles. The fourth-order valence-electron chi connectivity index (χ4n) is 3.01. The molecule has 0 spiro atoms. The van der Waals surface area contributed by atoms with Gasteiger partial charge in [-0.05, 0) is 51.2 Å². The highest BCUT2D eigenvalue weighted by Crippen LogP contribution is 2.36. The Kier molecular flexibility index (Phi) is 3.85. The van der Waals surface area contributed by atoms with Gasteiger partial charge in [-0.25, -0.2) is 9.78 Å². The van der Waals surface area contributed by atoms with Crippen LogP contribution >= 0.6 is 11.3 Å². The molecule has 3 rings (SSSR count). The quantitative estimate of drug-likeness (QED) is 0.852. The Morgan fingerprint density at radius 2 is 2.05 bits per heavy atom. The van der Waals surface area contributed by atoms with Crippen molar-refractivity contribution in [2.45, 2.75) is 52.1 Å². The fraction of sp³-hybridized carbons (Fsp3) is 0.500. The van der Waals surface area contributed by atoms with E-state index in [1.54, 1.807) is 0 Å². The zero-order chi connectivity index (χ0) is 15.0. The van der Waals surface area contributed by atoms with Crippen LogP contribution in [0.3, 0.4) is 0 Å². The van der Waals surface area contributed by atoms with Crippen LogP contribution in [0.25, 0.3) is 10.2 Å². The Bertz CT molecular complexity index is 687. The molecule has 2 aromatic rings. The van der Waals surface area contributed by atoms with Crippen LogP contribution in [0.1, 0.15) is 53.0 Å². The van der Waals surface area contributed by atoms with E-state index in [1.165, 1.54) is 17.8 Å². The minimum atomic E-state index is -0.292. The number of aromatic nitrogens is 1. The summed E-state index contributed by atoms with van der Waals surface area (Å²) in [6.07, 6.45) is 5.49. The Hall–Kier alpha value is -1.62. The van der Waals surface area contributed by atoms with Crippen LogP contribution in [0.5, 0.6) is 0 Å². The van der Waals surface area contributed by atoms with E-state index in [-0.39, 0.29) is 12.1 Å². The number of thiophene rings is 1. The van der Waals surface area contributed by atoms with Gasteiger partial charge in [0.1, 0.15) is 15.8 Å². The predicted molar refractivity (Wildman–Crippen MR) is 85.8 cm³/mol. The number of carbonyl (C=O) groups excluding carboxylic acids is 1. The van der Waals surface area contributed by atoms with Crippen molar-refractivity contribution in [3.05, 3.63) is 22.2 Å². The molecule has 0 radical (unpaired) electrons. The maximum atomic E-state index is 12.4. The minimum Gasteiger partial charge on any atom is -0.458 e. The van der Waals surface area contributed by atoms with Crippen LogP contribution in [-0.2, 0) is 4.74 Å². The molecule has 0 amide bonds. The number of nitrogens with two attached hydrogens (primary N) is 1. The van der Waals surface area contributed by atoms with E-state index in [9.17, 15) is 4.79 Å². The van der Waals surface area contributed by atoms with Crippen LogP contribution in [0.4, 0.5) is 5.69 Å². The van der Waals surface area contributed by atoms with E-state index in [1.807, 2.05) is 19.9 Å². The molecule has 4 nitrogen and oxygen atoms in total. The molecular formula is C16H20N2O2S. The third-order valence-corrected chi connectivity index (χ3v) is 5.11. The van der Waals surface area contributed by atoms with Gasteiger partial charge in [0.05, 0.1) is 5.69 Å². The second-order valence-electron chi connectivity index (χ2n) is 5.77. The number of carbonyl (C=O) groups is 1. The first-order valence-corrected chi connectivity index (χ1v) is 8.25. The third kappa shape index (κ3) is 2.75. The number of hydrogen-bond acceptors (Lipinski definition) is 5. The van der Waals surface area contributed by atoms with Crippen LogP contribution in [0, 0.1) is 13.8 Å². The monoisotopic (exact) mass is 304 g/mol. The number of hydrogen-bond donors (Lipinski definition) is 1. The molecule has 21 heavy (non-hydrogen) atoms. The summed E-state index contributed by atoms with van der Waals surface area (Å²) in [7, 11) is 0. The number of esters is 1. The second-order valence-corrected chi connectivity index (χ2v) is 6.77. The van der Waals surface area contributed by atoms with Crippen LogP contribution in [0.15, 0.2) is 6.07 Å². The van der Waals surface area contributed by atoms with Gasteiger partial charge >= 0.3 is 5.97 Å². The lowest BCUT2D eigenvalue weighted by atomic mass is 9.98. The van der Waals surface area contributed by atoms with Gasteiger partial charge in [-0.15, -0.1) is 11.3 Å². The van der Waals surface area contributed by atoms with Crippen molar-refractivity contribution in [1.82, 2.24) is 4.98 Å². The molecule has 0 aliphatic heterocycles. The molecule has 2 heterocycles. The Balaban J connectivity index is 1.91. The van der Waals surface area contributed by atoms with E-state index in [2.05, 4.69) is 4.98 Å². The standard InChI is InChI=1S/C16H20N2O2S/c1-9-8-10(2)18-15-12(9)13(17)14(21-15)16(19)20-11-6-4-3-5-7-11/h8,11H,3-7,17H2,1-2H3. The summed E-state index contributed by atoms with van der Waals surface area (Å²) in [5.74, 6) is -0.292. The molecule has 2 N–H and O–H groups in total. The van der Waals surface area contributed by atoms with Crippen LogP contribution in [0.2, 0.25) is 0 Å². The fourth-order valence-corrected chi connectivity index (χ4v) is 4.11. The molecule has 1 aliphatic rings. The third-order valence-electron chi connectivity index (χ3n) is 4.04. The van der Waals surface area contributed by atoms with E-state index in [0.717, 1.165) is 47.2 Å². The molecule has 1 aliphatic carbocycles. The van der Waals surface area contributed by atoms with E-state index in [0.29, 0.717) is 10.6 Å². The molecular weight excluding hydrogens is 284 g/mol. The molecule has 0 saturated heterocycles. The molecule has 0 atom stereocenters. The van der Waals surface area contributed by atoms with Crippen molar-refractivity contribution in [2.75, 3.05) is 5.73 Å². The van der Waals surface area contributed by atoms with Gasteiger partial charge in [0.15, 0.2) is 0 Å². The minimum absolute atomic E-state index is 0.0478. The van der Waals surface area contributed by atoms with Crippen molar-refractivity contribution < 1.29 is 9.53 Å². The average Bonchev–Trinajstić information content (AvgIpc) is 2.77. The number of nitrogens with zero attached hydrogens (tertiary/aromatic N) is 1. The number of aryl methyl sites for hydroxylation is 2. The van der Waals surface area contributed by atoms with Crippen molar-refractivity contribution >= 4 is 33.2 Å². The number of ether oxygens (including phenoxy) is 1. The lowest BCUT2D eigenvalue weighted by Gasteiger charge is -2.21. The molecule has 0 unspecified atom stereocenters. The summed E-state index contributed by atoms with van der Waals surface area (Å²) >= 11 is 1.34.